The molecular weight excluding hydrogens is 268 g/mol. The van der Waals surface area contributed by atoms with Crippen molar-refractivity contribution in [3.05, 3.63) is 28.4 Å². The molecule has 0 saturated carbocycles. The lowest BCUT2D eigenvalue weighted by atomic mass is 10.2. The van der Waals surface area contributed by atoms with Gasteiger partial charge in [-0.3, -0.25) is 0 Å². The highest BCUT2D eigenvalue weighted by Crippen LogP contribution is 2.31. The molecule has 15 heavy (non-hydrogen) atoms. The quantitative estimate of drug-likeness (QED) is 0.885. The zero-order chi connectivity index (χ0) is 11.0. The second-order valence-corrected chi connectivity index (χ2v) is 4.06. The van der Waals surface area contributed by atoms with Crippen LogP contribution in [0.15, 0.2) is 22.7 Å². The summed E-state index contributed by atoms with van der Waals surface area (Å²) in [5.74, 6) is 0.150. The lowest BCUT2D eigenvalue weighted by Gasteiger charge is -2.06. The maximum atomic E-state index is 12.1. The molecule has 1 N–H and O–H groups in total. The van der Waals surface area contributed by atoms with Gasteiger partial charge in [0, 0.05) is 16.6 Å². The molecule has 0 aliphatic rings. The number of hydrogen-bond acceptors (Lipinski definition) is 1. The van der Waals surface area contributed by atoms with Crippen molar-refractivity contribution < 1.29 is 13.5 Å². The number of aromatic nitrogens is 1. The fourth-order valence-corrected chi connectivity index (χ4v) is 1.90. The molecule has 1 aromatic heterocycles. The second-order valence-electron chi connectivity index (χ2n) is 3.20. The highest BCUT2D eigenvalue weighted by molar-refractivity contribution is 9.10. The van der Waals surface area contributed by atoms with Crippen LogP contribution in [0.2, 0.25) is 0 Å². The molecule has 5 heteroatoms. The van der Waals surface area contributed by atoms with Crippen molar-refractivity contribution in [2.75, 3.05) is 0 Å². The van der Waals surface area contributed by atoms with E-state index in [4.69, 9.17) is 0 Å². The molecule has 0 spiro atoms. The number of benzene rings is 1. The number of hydrogen-bond donors (Lipinski definition) is 1. The average molecular weight is 276 g/mol. The fraction of sp³-hybridized carbons (Fsp3) is 0.200. The molecule has 0 unspecified atom stereocenters. The molecule has 0 amide bonds. The zero-order valence-corrected chi connectivity index (χ0v) is 9.44. The second kappa shape index (κ2) is 3.81. The van der Waals surface area contributed by atoms with Crippen LogP contribution in [0.25, 0.3) is 10.9 Å². The van der Waals surface area contributed by atoms with Crippen LogP contribution in [0.4, 0.5) is 8.78 Å². The van der Waals surface area contributed by atoms with Gasteiger partial charge in [0.2, 0.25) is 0 Å². The van der Waals surface area contributed by atoms with E-state index in [-0.39, 0.29) is 5.75 Å². The zero-order valence-electron chi connectivity index (χ0n) is 7.85. The van der Waals surface area contributed by atoms with Gasteiger partial charge >= 0.3 is 6.61 Å². The Bertz CT molecular complexity index is 495. The van der Waals surface area contributed by atoms with E-state index in [0.29, 0.717) is 4.47 Å². The van der Waals surface area contributed by atoms with Crippen LogP contribution in [-0.2, 0) is 0 Å². The summed E-state index contributed by atoms with van der Waals surface area (Å²) < 4.78 is 29.0. The molecule has 2 rings (SSSR count). The highest BCUT2D eigenvalue weighted by Gasteiger charge is 2.10. The Morgan fingerprint density at radius 2 is 2.07 bits per heavy atom. The summed E-state index contributed by atoms with van der Waals surface area (Å²) in [7, 11) is 0. The summed E-state index contributed by atoms with van der Waals surface area (Å²) in [4.78, 5) is 3.11. The van der Waals surface area contributed by atoms with Gasteiger partial charge in [-0.15, -0.1) is 0 Å². The normalized spacial score (nSPS) is 11.3. The minimum atomic E-state index is -2.81. The molecule has 0 fully saturated rings. The van der Waals surface area contributed by atoms with Crippen molar-refractivity contribution in [1.29, 1.82) is 0 Å². The third-order valence-electron chi connectivity index (χ3n) is 2.02. The predicted octanol–water partition coefficient (Wildman–Crippen LogP) is 3.84. The number of alkyl halides is 2. The van der Waals surface area contributed by atoms with Crippen LogP contribution in [0.5, 0.6) is 5.75 Å². The van der Waals surface area contributed by atoms with Gasteiger partial charge in [0.25, 0.3) is 0 Å². The summed E-state index contributed by atoms with van der Waals surface area (Å²) in [6.07, 6.45) is 0. The van der Waals surface area contributed by atoms with Crippen molar-refractivity contribution in [3.8, 4) is 5.75 Å². The smallest absolute Gasteiger partial charge is 0.387 e. The molecule has 0 atom stereocenters. The van der Waals surface area contributed by atoms with Crippen LogP contribution in [0.1, 0.15) is 5.69 Å². The van der Waals surface area contributed by atoms with Crippen molar-refractivity contribution in [3.63, 3.8) is 0 Å². The van der Waals surface area contributed by atoms with Gasteiger partial charge in [-0.2, -0.15) is 8.78 Å². The minimum Gasteiger partial charge on any atom is -0.434 e. The standard InChI is InChI=1S/C10H8BrF2NO/c1-5-2-6-3-9(15-10(12)13)7(11)4-8(6)14-5/h2-4,10,14H,1H3. The molecular formula is C10H8BrF2NO. The molecule has 0 bridgehead atoms. The Kier molecular flexibility index (Phi) is 2.65. The minimum absolute atomic E-state index is 0.150. The third-order valence-corrected chi connectivity index (χ3v) is 2.64. The molecule has 0 radical (unpaired) electrons. The lowest BCUT2D eigenvalue weighted by Crippen LogP contribution is -2.02. The first-order valence-electron chi connectivity index (χ1n) is 4.30. The monoisotopic (exact) mass is 275 g/mol. The Morgan fingerprint density at radius 1 is 1.33 bits per heavy atom. The van der Waals surface area contributed by atoms with Gasteiger partial charge in [-0.05, 0) is 41.1 Å². The SMILES string of the molecule is Cc1cc2cc(OC(F)F)c(Br)cc2[nH]1. The van der Waals surface area contributed by atoms with Gasteiger partial charge in [-0.1, -0.05) is 0 Å². The molecule has 2 nitrogen and oxygen atoms in total. The van der Waals surface area contributed by atoms with E-state index in [2.05, 4.69) is 25.7 Å². The number of aromatic amines is 1. The summed E-state index contributed by atoms with van der Waals surface area (Å²) in [6.45, 7) is -0.902. The molecule has 2 aromatic rings. The van der Waals surface area contributed by atoms with E-state index in [9.17, 15) is 8.78 Å². The van der Waals surface area contributed by atoms with Crippen LogP contribution >= 0.6 is 15.9 Å². The molecule has 0 aliphatic heterocycles. The first-order valence-corrected chi connectivity index (χ1v) is 5.09. The number of ether oxygens (including phenoxy) is 1. The highest BCUT2D eigenvalue weighted by atomic mass is 79.9. The van der Waals surface area contributed by atoms with E-state index < -0.39 is 6.61 Å². The number of fused-ring (bicyclic) bond motifs is 1. The lowest BCUT2D eigenvalue weighted by molar-refractivity contribution is -0.0502. The fourth-order valence-electron chi connectivity index (χ4n) is 1.46. The average Bonchev–Trinajstić information content (AvgIpc) is 2.44. The van der Waals surface area contributed by atoms with Crippen molar-refractivity contribution in [1.82, 2.24) is 4.98 Å². The van der Waals surface area contributed by atoms with Crippen LogP contribution in [0.3, 0.4) is 0 Å². The predicted molar refractivity (Wildman–Crippen MR) is 57.4 cm³/mol. The van der Waals surface area contributed by atoms with Crippen LogP contribution in [-0.4, -0.2) is 11.6 Å². The van der Waals surface area contributed by atoms with Crippen molar-refractivity contribution >= 4 is 26.8 Å². The maximum absolute atomic E-state index is 12.1. The van der Waals surface area contributed by atoms with Crippen molar-refractivity contribution in [2.24, 2.45) is 0 Å². The first-order chi connectivity index (χ1) is 7.06. The van der Waals surface area contributed by atoms with E-state index in [1.54, 1.807) is 12.1 Å². The summed E-state index contributed by atoms with van der Waals surface area (Å²) in [6, 6.07) is 5.18. The largest absolute Gasteiger partial charge is 0.434 e. The van der Waals surface area contributed by atoms with E-state index in [1.807, 2.05) is 13.0 Å². The van der Waals surface area contributed by atoms with E-state index >= 15 is 0 Å². The van der Waals surface area contributed by atoms with Gasteiger partial charge in [-0.25, -0.2) is 0 Å². The van der Waals surface area contributed by atoms with Crippen LogP contribution in [0, 0.1) is 6.92 Å². The van der Waals surface area contributed by atoms with Crippen LogP contribution < -0.4 is 4.74 Å². The molecule has 0 saturated heterocycles. The summed E-state index contributed by atoms with van der Waals surface area (Å²) in [5.41, 5.74) is 1.87. The topological polar surface area (TPSA) is 25.0 Å². The van der Waals surface area contributed by atoms with Gasteiger partial charge in [0.1, 0.15) is 5.75 Å². The van der Waals surface area contributed by atoms with Crippen molar-refractivity contribution in [2.45, 2.75) is 13.5 Å². The van der Waals surface area contributed by atoms with Gasteiger partial charge < -0.3 is 9.72 Å². The first kappa shape index (κ1) is 10.4. The third kappa shape index (κ3) is 2.12. The molecule has 0 aliphatic carbocycles. The number of nitrogens with one attached hydrogen (secondary N) is 1. The Balaban J connectivity index is 2.51. The van der Waals surface area contributed by atoms with Gasteiger partial charge in [0.15, 0.2) is 0 Å². The van der Waals surface area contributed by atoms with E-state index in [1.165, 1.54) is 0 Å². The number of H-pyrrole nitrogens is 1. The Morgan fingerprint density at radius 3 is 2.73 bits per heavy atom. The Labute approximate surface area is 93.4 Å². The number of aryl methyl sites for hydroxylation is 1. The summed E-state index contributed by atoms with van der Waals surface area (Å²) >= 11 is 3.18. The van der Waals surface area contributed by atoms with E-state index in [0.717, 1.165) is 16.6 Å². The molecule has 80 valence electrons. The number of rotatable bonds is 2. The number of halogens is 3. The molecule has 1 heterocycles. The Hall–Kier alpha value is -1.10. The maximum Gasteiger partial charge on any atom is 0.387 e. The molecule has 1 aromatic carbocycles. The van der Waals surface area contributed by atoms with Gasteiger partial charge in [0.05, 0.1) is 4.47 Å². The summed E-state index contributed by atoms with van der Waals surface area (Å²) in [5, 5.41) is 0.853.